The van der Waals surface area contributed by atoms with Crippen molar-refractivity contribution in [2.24, 2.45) is 11.7 Å². The molecule has 9 nitrogen and oxygen atoms in total. The normalized spacial score (nSPS) is 17.4. The zero-order chi connectivity index (χ0) is 21.7. The summed E-state index contributed by atoms with van der Waals surface area (Å²) in [6, 6.07) is 3.98. The Labute approximate surface area is 182 Å². The van der Waals surface area contributed by atoms with Gasteiger partial charge < -0.3 is 10.6 Å². The maximum Gasteiger partial charge on any atom is 0.278 e. The molecule has 3 aromatic heterocycles. The quantitative estimate of drug-likeness (QED) is 0.630. The second kappa shape index (κ2) is 7.61. The minimum atomic E-state index is -0.263. The van der Waals surface area contributed by atoms with Crippen LogP contribution in [0.25, 0.3) is 16.2 Å². The van der Waals surface area contributed by atoms with Gasteiger partial charge in [-0.1, -0.05) is 6.07 Å². The van der Waals surface area contributed by atoms with Crippen molar-refractivity contribution in [3.8, 4) is 10.6 Å². The van der Waals surface area contributed by atoms with Gasteiger partial charge in [0.1, 0.15) is 0 Å². The van der Waals surface area contributed by atoms with Gasteiger partial charge in [0, 0.05) is 11.5 Å². The predicted octanol–water partition coefficient (Wildman–Crippen LogP) is 1.10. The number of thiophene rings is 1. The predicted molar refractivity (Wildman–Crippen MR) is 116 cm³/mol. The minimum Gasteiger partial charge on any atom is -0.369 e. The van der Waals surface area contributed by atoms with E-state index in [2.05, 4.69) is 5.10 Å². The number of likely N-dealkylation sites (tertiary alicyclic amines) is 1. The van der Waals surface area contributed by atoms with Gasteiger partial charge in [-0.2, -0.15) is 0 Å². The Morgan fingerprint density at radius 1 is 1.29 bits per heavy atom. The summed E-state index contributed by atoms with van der Waals surface area (Å²) in [5.74, 6) is -0.391. The number of nitrogens with one attached hydrogen (secondary N) is 1. The lowest BCUT2D eigenvalue weighted by Gasteiger charge is -2.31. The van der Waals surface area contributed by atoms with E-state index in [1.807, 2.05) is 29.3 Å². The summed E-state index contributed by atoms with van der Waals surface area (Å²) < 4.78 is 1.49. The lowest BCUT2D eigenvalue weighted by Crippen LogP contribution is -2.43. The molecule has 0 unspecified atom stereocenters. The van der Waals surface area contributed by atoms with Crippen LogP contribution >= 0.6 is 11.3 Å². The summed E-state index contributed by atoms with van der Waals surface area (Å²) in [4.78, 5) is 46.8. The van der Waals surface area contributed by atoms with E-state index in [1.165, 1.54) is 4.52 Å². The Kier molecular flexibility index (Phi) is 4.90. The van der Waals surface area contributed by atoms with Crippen LogP contribution in [-0.4, -0.2) is 55.8 Å². The van der Waals surface area contributed by atoms with Crippen LogP contribution < -0.4 is 11.3 Å². The van der Waals surface area contributed by atoms with Gasteiger partial charge in [-0.25, -0.2) is 9.50 Å². The maximum absolute atomic E-state index is 13.1. The average molecular weight is 441 g/mol. The fourth-order valence-corrected chi connectivity index (χ4v) is 5.26. The number of aryl methyl sites for hydroxylation is 1. The van der Waals surface area contributed by atoms with Crippen molar-refractivity contribution in [1.82, 2.24) is 24.4 Å². The number of rotatable bonds is 4. The number of fused-ring (bicyclic) bond motifs is 2. The molecule has 0 aromatic carbocycles. The lowest BCUT2D eigenvalue weighted by molar-refractivity contribution is -0.133. The zero-order valence-corrected chi connectivity index (χ0v) is 18.1. The van der Waals surface area contributed by atoms with E-state index in [-0.39, 0.29) is 36.4 Å². The third kappa shape index (κ3) is 3.45. The molecule has 31 heavy (non-hydrogen) atoms. The highest BCUT2D eigenvalue weighted by Crippen LogP contribution is 2.29. The fourth-order valence-electron chi connectivity index (χ4n) is 4.48. The van der Waals surface area contributed by atoms with Gasteiger partial charge in [0.05, 0.1) is 41.5 Å². The van der Waals surface area contributed by atoms with E-state index in [4.69, 9.17) is 10.7 Å². The molecule has 5 rings (SSSR count). The first kappa shape index (κ1) is 20.0. The number of carbonyl (C=O) groups excluding carboxylic acids is 2. The number of amides is 2. The number of piperidine rings is 1. The number of nitrogens with zero attached hydrogens (tertiary/aromatic N) is 4. The van der Waals surface area contributed by atoms with E-state index in [0.717, 1.165) is 16.1 Å². The minimum absolute atomic E-state index is 0.0282. The molecule has 0 atom stereocenters. The average Bonchev–Trinajstić information content (AvgIpc) is 3.48. The van der Waals surface area contributed by atoms with E-state index < -0.39 is 0 Å². The highest BCUT2D eigenvalue weighted by atomic mass is 32.1. The van der Waals surface area contributed by atoms with Crippen LogP contribution in [0.2, 0.25) is 0 Å². The molecule has 2 aliphatic rings. The molecule has 1 saturated heterocycles. The molecular weight excluding hydrogens is 416 g/mol. The summed E-state index contributed by atoms with van der Waals surface area (Å²) >= 11 is 1.60. The molecule has 0 bridgehead atoms. The van der Waals surface area contributed by atoms with Crippen molar-refractivity contribution in [3.63, 3.8) is 0 Å². The summed E-state index contributed by atoms with van der Waals surface area (Å²) in [6.07, 6.45) is 1.37. The van der Waals surface area contributed by atoms with E-state index in [0.29, 0.717) is 49.4 Å². The van der Waals surface area contributed by atoms with Crippen molar-refractivity contribution in [2.45, 2.75) is 32.9 Å². The molecule has 1 fully saturated rings. The number of aromatic nitrogens is 3. The number of carbonyl (C=O) groups is 2. The van der Waals surface area contributed by atoms with Crippen LogP contribution in [0, 0.1) is 12.8 Å². The Morgan fingerprint density at radius 2 is 2.06 bits per heavy atom. The zero-order valence-electron chi connectivity index (χ0n) is 17.3. The Balaban J connectivity index is 1.33. The van der Waals surface area contributed by atoms with Gasteiger partial charge in [0.15, 0.2) is 5.65 Å². The van der Waals surface area contributed by atoms with Crippen LogP contribution in [0.1, 0.15) is 29.7 Å². The van der Waals surface area contributed by atoms with Crippen molar-refractivity contribution in [2.75, 3.05) is 19.6 Å². The largest absolute Gasteiger partial charge is 0.369 e. The fraction of sp³-hybridized carbons (Fsp3) is 0.429. The second-order valence-electron chi connectivity index (χ2n) is 8.29. The van der Waals surface area contributed by atoms with Crippen LogP contribution in [0.5, 0.6) is 0 Å². The topological polar surface area (TPSA) is 117 Å². The molecule has 3 N–H and O–H groups in total. The molecule has 2 amide bonds. The van der Waals surface area contributed by atoms with E-state index in [1.54, 1.807) is 16.2 Å². The van der Waals surface area contributed by atoms with Crippen LogP contribution in [0.3, 0.4) is 0 Å². The molecule has 0 saturated carbocycles. The summed E-state index contributed by atoms with van der Waals surface area (Å²) in [6.45, 7) is 4.20. The SMILES string of the molecule is Cc1c(-c2cccs2)[nH]n2c(=O)c3c(nc12)CN(C(=O)CN1CCC(C(N)=O)CC1)C3. The number of hydrogen-bond donors (Lipinski definition) is 2. The number of aromatic amines is 1. The first-order chi connectivity index (χ1) is 14.9. The van der Waals surface area contributed by atoms with Gasteiger partial charge in [-0.3, -0.25) is 24.4 Å². The van der Waals surface area contributed by atoms with Gasteiger partial charge in [0.25, 0.3) is 5.56 Å². The van der Waals surface area contributed by atoms with Gasteiger partial charge in [-0.05, 0) is 44.3 Å². The summed E-state index contributed by atoms with van der Waals surface area (Å²) in [5, 5.41) is 5.19. The molecule has 3 aromatic rings. The van der Waals surface area contributed by atoms with Gasteiger partial charge >= 0.3 is 0 Å². The van der Waals surface area contributed by atoms with E-state index >= 15 is 0 Å². The number of H-pyrrole nitrogens is 1. The highest BCUT2D eigenvalue weighted by molar-refractivity contribution is 7.13. The third-order valence-corrected chi connectivity index (χ3v) is 7.24. The molecule has 2 aliphatic heterocycles. The monoisotopic (exact) mass is 440 g/mol. The molecule has 10 heteroatoms. The number of primary amides is 1. The highest BCUT2D eigenvalue weighted by Gasteiger charge is 2.31. The van der Waals surface area contributed by atoms with Crippen molar-refractivity contribution < 1.29 is 9.59 Å². The summed E-state index contributed by atoms with van der Waals surface area (Å²) in [7, 11) is 0. The maximum atomic E-state index is 13.1. The smallest absolute Gasteiger partial charge is 0.278 e. The van der Waals surface area contributed by atoms with Crippen molar-refractivity contribution >= 4 is 28.8 Å². The standard InChI is InChI=1S/C21H24N6O3S/c1-12-18(16-3-2-8-31-16)24-27-20(12)23-15-10-26(9-14(15)21(27)30)17(28)11-25-6-4-13(5-7-25)19(22)29/h2-3,8,13,24H,4-7,9-11H2,1H3,(H2,22,29). The van der Waals surface area contributed by atoms with Crippen molar-refractivity contribution in [3.05, 3.63) is 44.7 Å². The van der Waals surface area contributed by atoms with Crippen LogP contribution in [0.4, 0.5) is 0 Å². The molecule has 162 valence electrons. The van der Waals surface area contributed by atoms with Crippen molar-refractivity contribution in [1.29, 1.82) is 0 Å². The van der Waals surface area contributed by atoms with Crippen LogP contribution in [0.15, 0.2) is 22.3 Å². The number of hydrogen-bond acceptors (Lipinski definition) is 6. The molecular formula is C21H24N6O3S. The second-order valence-corrected chi connectivity index (χ2v) is 9.24. The Morgan fingerprint density at radius 3 is 2.74 bits per heavy atom. The molecule has 0 spiro atoms. The lowest BCUT2D eigenvalue weighted by atomic mass is 9.96. The molecule has 5 heterocycles. The van der Waals surface area contributed by atoms with Gasteiger partial charge in [-0.15, -0.1) is 11.3 Å². The first-order valence-corrected chi connectivity index (χ1v) is 11.3. The van der Waals surface area contributed by atoms with Crippen LogP contribution in [-0.2, 0) is 22.7 Å². The molecule has 0 aliphatic carbocycles. The Bertz CT molecular complexity index is 1220. The third-order valence-electron chi connectivity index (χ3n) is 6.35. The van der Waals surface area contributed by atoms with Gasteiger partial charge in [0.2, 0.25) is 11.8 Å². The Hall–Kier alpha value is -2.98. The molecule has 0 radical (unpaired) electrons. The van der Waals surface area contributed by atoms with E-state index in [9.17, 15) is 14.4 Å². The summed E-state index contributed by atoms with van der Waals surface area (Å²) in [5.41, 5.74) is 8.90. The first-order valence-electron chi connectivity index (χ1n) is 10.4. The number of nitrogens with two attached hydrogens (primary N) is 1.